The first-order valence-corrected chi connectivity index (χ1v) is 6.74. The van der Waals surface area contributed by atoms with Crippen molar-refractivity contribution in [3.63, 3.8) is 0 Å². The molecule has 0 aromatic heterocycles. The number of carbonyl (C=O) groups is 2. The van der Waals surface area contributed by atoms with Crippen LogP contribution in [0.15, 0.2) is 24.3 Å². The van der Waals surface area contributed by atoms with Gasteiger partial charge in [0.15, 0.2) is 0 Å². The summed E-state index contributed by atoms with van der Waals surface area (Å²) < 4.78 is 31.0. The first-order valence-electron chi connectivity index (χ1n) is 6.74. The minimum absolute atomic E-state index is 0.112. The minimum Gasteiger partial charge on any atom is -0.379 e. The Bertz CT molecular complexity index is 527. The lowest BCUT2D eigenvalue weighted by molar-refractivity contribution is -0.0139. The topological polar surface area (TPSA) is 46.6 Å². The van der Waals surface area contributed by atoms with Crippen LogP contribution in [-0.4, -0.2) is 41.9 Å². The summed E-state index contributed by atoms with van der Waals surface area (Å²) in [6, 6.07) is 6.33. The van der Waals surface area contributed by atoms with Crippen molar-refractivity contribution in [3.05, 3.63) is 35.4 Å². The number of alkyl halides is 2. The molecule has 0 spiro atoms. The van der Waals surface area contributed by atoms with Crippen LogP contribution in [0.4, 0.5) is 8.78 Å². The van der Waals surface area contributed by atoms with Crippen LogP contribution in [0, 0.1) is 0 Å². The van der Waals surface area contributed by atoms with Gasteiger partial charge in [0.05, 0.1) is 23.3 Å². The molecule has 2 rings (SSSR count). The van der Waals surface area contributed by atoms with Gasteiger partial charge >= 0.3 is 0 Å². The quantitative estimate of drug-likeness (QED) is 0.758. The molecule has 0 fully saturated rings. The SMILES string of the molecule is CCOCC(C)(CC(F)F)N1C(=O)c2ccccc2C1=O. The molecule has 1 aromatic carbocycles. The minimum atomic E-state index is -2.64. The fourth-order valence-corrected chi connectivity index (χ4v) is 2.55. The van der Waals surface area contributed by atoms with Crippen molar-refractivity contribution < 1.29 is 23.1 Å². The number of rotatable bonds is 6. The molecule has 1 unspecified atom stereocenters. The highest BCUT2D eigenvalue weighted by atomic mass is 19.3. The van der Waals surface area contributed by atoms with Gasteiger partial charge in [-0.15, -0.1) is 0 Å². The number of fused-ring (bicyclic) bond motifs is 1. The number of ether oxygens (including phenoxy) is 1. The van der Waals surface area contributed by atoms with E-state index in [0.29, 0.717) is 6.61 Å². The van der Waals surface area contributed by atoms with E-state index in [9.17, 15) is 18.4 Å². The van der Waals surface area contributed by atoms with E-state index >= 15 is 0 Å². The molecule has 0 radical (unpaired) electrons. The highest BCUT2D eigenvalue weighted by Crippen LogP contribution is 2.33. The predicted molar refractivity (Wildman–Crippen MR) is 72.5 cm³/mol. The molecule has 1 aromatic rings. The molecule has 2 amide bonds. The fraction of sp³-hybridized carbons (Fsp3) is 0.467. The lowest BCUT2D eigenvalue weighted by atomic mass is 9.96. The average Bonchev–Trinajstić information content (AvgIpc) is 2.69. The predicted octanol–water partition coefficient (Wildman–Crippen LogP) is 2.73. The molecule has 0 aliphatic carbocycles. The number of nitrogens with zero attached hydrogens (tertiary/aromatic N) is 1. The normalized spacial score (nSPS) is 17.3. The fourth-order valence-electron chi connectivity index (χ4n) is 2.55. The van der Waals surface area contributed by atoms with Gasteiger partial charge < -0.3 is 4.74 Å². The lowest BCUT2D eigenvalue weighted by Gasteiger charge is -2.36. The Morgan fingerprint density at radius 3 is 2.14 bits per heavy atom. The summed E-state index contributed by atoms with van der Waals surface area (Å²) in [5, 5.41) is 0. The number of hydrogen-bond donors (Lipinski definition) is 0. The van der Waals surface area contributed by atoms with Crippen molar-refractivity contribution in [2.75, 3.05) is 13.2 Å². The summed E-state index contributed by atoms with van der Waals surface area (Å²) in [6.07, 6.45) is -3.25. The van der Waals surface area contributed by atoms with E-state index in [0.717, 1.165) is 4.90 Å². The summed E-state index contributed by atoms with van der Waals surface area (Å²) in [5.74, 6) is -1.09. The van der Waals surface area contributed by atoms with E-state index in [1.807, 2.05) is 0 Å². The van der Waals surface area contributed by atoms with Gasteiger partial charge in [-0.25, -0.2) is 8.78 Å². The molecule has 1 atom stereocenters. The largest absolute Gasteiger partial charge is 0.379 e. The monoisotopic (exact) mass is 297 g/mol. The summed E-state index contributed by atoms with van der Waals surface area (Å²) >= 11 is 0. The van der Waals surface area contributed by atoms with Gasteiger partial charge in [-0.1, -0.05) is 12.1 Å². The van der Waals surface area contributed by atoms with Crippen LogP contribution in [0.1, 0.15) is 41.0 Å². The van der Waals surface area contributed by atoms with E-state index in [-0.39, 0.29) is 17.7 Å². The van der Waals surface area contributed by atoms with E-state index in [2.05, 4.69) is 0 Å². The molecule has 0 N–H and O–H groups in total. The van der Waals surface area contributed by atoms with Gasteiger partial charge in [-0.3, -0.25) is 14.5 Å². The Hall–Kier alpha value is -1.82. The van der Waals surface area contributed by atoms with Gasteiger partial charge in [0, 0.05) is 13.0 Å². The lowest BCUT2D eigenvalue weighted by Crippen LogP contribution is -2.53. The first-order chi connectivity index (χ1) is 9.90. The maximum atomic E-state index is 12.9. The molecule has 6 heteroatoms. The zero-order valence-electron chi connectivity index (χ0n) is 11.9. The van der Waals surface area contributed by atoms with Crippen molar-refractivity contribution in [2.24, 2.45) is 0 Å². The van der Waals surface area contributed by atoms with Crippen LogP contribution >= 0.6 is 0 Å². The van der Waals surface area contributed by atoms with Crippen LogP contribution in [-0.2, 0) is 4.74 Å². The molecule has 0 bridgehead atoms. The molecule has 1 aliphatic heterocycles. The number of hydrogen-bond acceptors (Lipinski definition) is 3. The zero-order valence-corrected chi connectivity index (χ0v) is 11.9. The Kier molecular flexibility index (Phi) is 4.37. The summed E-state index contributed by atoms with van der Waals surface area (Å²) in [5.41, 5.74) is -0.865. The smallest absolute Gasteiger partial charge is 0.262 e. The number of imide groups is 1. The Morgan fingerprint density at radius 2 is 1.71 bits per heavy atom. The zero-order chi connectivity index (χ0) is 15.6. The number of benzene rings is 1. The third-order valence-electron chi connectivity index (χ3n) is 3.55. The number of carbonyl (C=O) groups excluding carboxylic acids is 2. The van der Waals surface area contributed by atoms with Gasteiger partial charge in [-0.2, -0.15) is 0 Å². The Morgan fingerprint density at radius 1 is 1.19 bits per heavy atom. The van der Waals surface area contributed by atoms with Crippen LogP contribution < -0.4 is 0 Å². The van der Waals surface area contributed by atoms with Crippen molar-refractivity contribution in [1.29, 1.82) is 0 Å². The second-order valence-electron chi connectivity index (χ2n) is 5.22. The maximum Gasteiger partial charge on any atom is 0.262 e. The first kappa shape index (κ1) is 15.6. The highest BCUT2D eigenvalue weighted by Gasteiger charge is 2.47. The molecule has 21 heavy (non-hydrogen) atoms. The molecule has 1 aliphatic rings. The molecular weight excluding hydrogens is 280 g/mol. The standard InChI is InChI=1S/C15H17F2NO3/c1-3-21-9-15(2,8-12(16)17)18-13(19)10-6-4-5-7-11(10)14(18)20/h4-7,12H,3,8-9H2,1-2H3. The van der Waals surface area contributed by atoms with Crippen molar-refractivity contribution in [2.45, 2.75) is 32.2 Å². The van der Waals surface area contributed by atoms with Crippen molar-refractivity contribution in [3.8, 4) is 0 Å². The third kappa shape index (κ3) is 2.81. The third-order valence-corrected chi connectivity index (χ3v) is 3.55. The summed E-state index contributed by atoms with van der Waals surface area (Å²) in [4.78, 5) is 25.7. The van der Waals surface area contributed by atoms with Crippen molar-refractivity contribution >= 4 is 11.8 Å². The van der Waals surface area contributed by atoms with Crippen LogP contribution in [0.2, 0.25) is 0 Å². The van der Waals surface area contributed by atoms with Crippen LogP contribution in [0.3, 0.4) is 0 Å². The Labute approximate surface area is 121 Å². The molecule has 0 saturated carbocycles. The molecule has 4 nitrogen and oxygen atoms in total. The number of halogens is 2. The van der Waals surface area contributed by atoms with Crippen molar-refractivity contribution in [1.82, 2.24) is 4.90 Å². The highest BCUT2D eigenvalue weighted by molar-refractivity contribution is 6.21. The summed E-state index contributed by atoms with van der Waals surface area (Å²) in [7, 11) is 0. The molecule has 0 saturated heterocycles. The summed E-state index contributed by atoms with van der Waals surface area (Å²) in [6.45, 7) is 3.39. The van der Waals surface area contributed by atoms with Gasteiger partial charge in [0.25, 0.3) is 11.8 Å². The Balaban J connectivity index is 2.38. The second kappa shape index (κ2) is 5.89. The number of amides is 2. The molecule has 114 valence electrons. The average molecular weight is 297 g/mol. The van der Waals surface area contributed by atoms with Gasteiger partial charge in [0.1, 0.15) is 0 Å². The van der Waals surface area contributed by atoms with E-state index in [1.165, 1.54) is 19.1 Å². The molecule has 1 heterocycles. The second-order valence-corrected chi connectivity index (χ2v) is 5.22. The van der Waals surface area contributed by atoms with E-state index < -0.39 is 30.2 Å². The van der Waals surface area contributed by atoms with Gasteiger partial charge in [0.2, 0.25) is 6.43 Å². The van der Waals surface area contributed by atoms with E-state index in [1.54, 1.807) is 19.1 Å². The maximum absolute atomic E-state index is 12.9. The van der Waals surface area contributed by atoms with Gasteiger partial charge in [-0.05, 0) is 26.0 Å². The molecular formula is C15H17F2NO3. The van der Waals surface area contributed by atoms with Crippen LogP contribution in [0.5, 0.6) is 0 Å². The van der Waals surface area contributed by atoms with E-state index in [4.69, 9.17) is 4.74 Å². The van der Waals surface area contributed by atoms with Crippen LogP contribution in [0.25, 0.3) is 0 Å².